The van der Waals surface area contributed by atoms with Crippen LogP contribution in [0.15, 0.2) is 18.2 Å². The molecule has 1 atom stereocenters. The number of benzene rings is 1. The van der Waals surface area contributed by atoms with Crippen LogP contribution in [0.2, 0.25) is 0 Å². The topological polar surface area (TPSA) is 27.7 Å². The van der Waals surface area contributed by atoms with Crippen molar-refractivity contribution in [3.8, 4) is 5.75 Å². The van der Waals surface area contributed by atoms with Gasteiger partial charge in [-0.05, 0) is 19.1 Å². The molecule has 98 valence electrons. The van der Waals surface area contributed by atoms with Crippen molar-refractivity contribution in [1.29, 1.82) is 0 Å². The van der Waals surface area contributed by atoms with Crippen LogP contribution in [-0.2, 0) is 0 Å². The maximum absolute atomic E-state index is 5.57. The van der Waals surface area contributed by atoms with Crippen LogP contribution in [0.5, 0.6) is 5.75 Å². The van der Waals surface area contributed by atoms with Gasteiger partial charge in [0.2, 0.25) is 0 Å². The Morgan fingerprint density at radius 1 is 1.44 bits per heavy atom. The number of fused-ring (bicyclic) bond motifs is 3. The third kappa shape index (κ3) is 1.72. The predicted octanol–water partition coefficient (Wildman–Crippen LogP) is 1.31. The molecule has 0 bridgehead atoms. The minimum Gasteiger partial charge on any atom is -0.495 e. The van der Waals surface area contributed by atoms with Gasteiger partial charge in [0.1, 0.15) is 11.4 Å². The van der Waals surface area contributed by atoms with Crippen molar-refractivity contribution in [3.05, 3.63) is 18.2 Å². The average Bonchev–Trinajstić information content (AvgIpc) is 2.45. The fraction of sp³-hybridized carbons (Fsp3) is 0.571. The molecule has 1 N–H and O–H groups in total. The molecule has 0 aliphatic carbocycles. The van der Waals surface area contributed by atoms with Crippen LogP contribution in [0.1, 0.15) is 6.92 Å². The van der Waals surface area contributed by atoms with Gasteiger partial charge in [-0.3, -0.25) is 0 Å². The van der Waals surface area contributed by atoms with Crippen molar-refractivity contribution in [3.63, 3.8) is 0 Å². The standard InChI is InChI=1S/C14H21N3O/c1-3-16-10-11-9-15-7-8-17(11)14-12(16)5-4-6-13(14)18-2/h4-6,11,15H,3,7-10H2,1-2H3. The van der Waals surface area contributed by atoms with E-state index in [1.54, 1.807) is 7.11 Å². The van der Waals surface area contributed by atoms with Gasteiger partial charge in [0.05, 0.1) is 18.8 Å². The van der Waals surface area contributed by atoms with Gasteiger partial charge >= 0.3 is 0 Å². The van der Waals surface area contributed by atoms with Crippen LogP contribution in [-0.4, -0.2) is 45.9 Å². The maximum Gasteiger partial charge on any atom is 0.144 e. The number of rotatable bonds is 2. The van der Waals surface area contributed by atoms with Gasteiger partial charge in [0, 0.05) is 32.7 Å². The Morgan fingerprint density at radius 2 is 2.33 bits per heavy atom. The molecule has 0 saturated carbocycles. The van der Waals surface area contributed by atoms with Crippen molar-refractivity contribution >= 4 is 11.4 Å². The van der Waals surface area contributed by atoms with Crippen LogP contribution in [0.3, 0.4) is 0 Å². The molecule has 0 aromatic heterocycles. The molecule has 3 rings (SSSR count). The van der Waals surface area contributed by atoms with Crippen molar-refractivity contribution in [2.24, 2.45) is 0 Å². The molecule has 18 heavy (non-hydrogen) atoms. The summed E-state index contributed by atoms with van der Waals surface area (Å²) in [6.45, 7) is 7.55. The molecular formula is C14H21N3O. The molecule has 2 heterocycles. The van der Waals surface area contributed by atoms with E-state index in [-0.39, 0.29) is 0 Å². The van der Waals surface area contributed by atoms with E-state index in [0.29, 0.717) is 6.04 Å². The van der Waals surface area contributed by atoms with Gasteiger partial charge in [0.25, 0.3) is 0 Å². The van der Waals surface area contributed by atoms with Crippen LogP contribution >= 0.6 is 0 Å². The SMILES string of the molecule is CCN1CC2CNCCN2c2c(OC)cccc21. The molecular weight excluding hydrogens is 226 g/mol. The van der Waals surface area contributed by atoms with Crippen molar-refractivity contribution in [2.75, 3.05) is 49.6 Å². The summed E-state index contributed by atoms with van der Waals surface area (Å²) in [6.07, 6.45) is 0. The third-order valence-electron chi connectivity index (χ3n) is 3.99. The first-order valence-corrected chi connectivity index (χ1v) is 6.74. The van der Waals surface area contributed by atoms with Crippen LogP contribution in [0.25, 0.3) is 0 Å². The number of nitrogens with one attached hydrogen (secondary N) is 1. The molecule has 1 fully saturated rings. The molecule has 0 radical (unpaired) electrons. The van der Waals surface area contributed by atoms with Crippen LogP contribution in [0.4, 0.5) is 11.4 Å². The highest BCUT2D eigenvalue weighted by atomic mass is 16.5. The lowest BCUT2D eigenvalue weighted by Gasteiger charge is -2.47. The van der Waals surface area contributed by atoms with Crippen molar-refractivity contribution < 1.29 is 4.74 Å². The van der Waals surface area contributed by atoms with Gasteiger partial charge in [-0.25, -0.2) is 0 Å². The lowest BCUT2D eigenvalue weighted by Crippen LogP contribution is -2.58. The van der Waals surface area contributed by atoms with E-state index in [2.05, 4.69) is 40.2 Å². The van der Waals surface area contributed by atoms with E-state index >= 15 is 0 Å². The van der Waals surface area contributed by atoms with E-state index in [9.17, 15) is 0 Å². The summed E-state index contributed by atoms with van der Waals surface area (Å²) < 4.78 is 5.57. The molecule has 4 heteroatoms. The second-order valence-corrected chi connectivity index (χ2v) is 4.92. The number of hydrogen-bond donors (Lipinski definition) is 1. The Kier molecular flexibility index (Phi) is 3.04. The van der Waals surface area contributed by atoms with Gasteiger partial charge in [0.15, 0.2) is 0 Å². The monoisotopic (exact) mass is 247 g/mol. The smallest absolute Gasteiger partial charge is 0.144 e. The van der Waals surface area contributed by atoms with Crippen LogP contribution in [0, 0.1) is 0 Å². The first-order valence-electron chi connectivity index (χ1n) is 6.74. The summed E-state index contributed by atoms with van der Waals surface area (Å²) in [7, 11) is 1.76. The number of hydrogen-bond acceptors (Lipinski definition) is 4. The first kappa shape index (κ1) is 11.7. The summed E-state index contributed by atoms with van der Waals surface area (Å²) >= 11 is 0. The van der Waals surface area contributed by atoms with E-state index in [1.807, 2.05) is 0 Å². The Bertz CT molecular complexity index is 435. The number of anilines is 2. The summed E-state index contributed by atoms with van der Waals surface area (Å²) in [5.41, 5.74) is 2.59. The number of ether oxygens (including phenoxy) is 1. The number of likely N-dealkylation sites (N-methyl/N-ethyl adjacent to an activating group) is 1. The quantitative estimate of drug-likeness (QED) is 0.853. The molecule has 2 aliphatic rings. The molecule has 1 saturated heterocycles. The molecule has 0 spiro atoms. The molecule has 1 aromatic rings. The highest BCUT2D eigenvalue weighted by Gasteiger charge is 2.33. The molecule has 0 amide bonds. The Labute approximate surface area is 109 Å². The molecule has 1 unspecified atom stereocenters. The minimum absolute atomic E-state index is 0.558. The average molecular weight is 247 g/mol. The van der Waals surface area contributed by atoms with Gasteiger partial charge in [-0.2, -0.15) is 0 Å². The zero-order valence-electron chi connectivity index (χ0n) is 11.1. The van der Waals surface area contributed by atoms with Crippen molar-refractivity contribution in [2.45, 2.75) is 13.0 Å². The minimum atomic E-state index is 0.558. The molecule has 2 aliphatic heterocycles. The lowest BCUT2D eigenvalue weighted by atomic mass is 10.0. The highest BCUT2D eigenvalue weighted by molar-refractivity contribution is 5.80. The third-order valence-corrected chi connectivity index (χ3v) is 3.99. The lowest BCUT2D eigenvalue weighted by molar-refractivity contribution is 0.402. The summed E-state index contributed by atoms with van der Waals surface area (Å²) in [5, 5.41) is 3.49. The van der Waals surface area contributed by atoms with Crippen LogP contribution < -0.4 is 19.9 Å². The second-order valence-electron chi connectivity index (χ2n) is 4.92. The van der Waals surface area contributed by atoms with E-state index in [4.69, 9.17) is 4.74 Å². The van der Waals surface area contributed by atoms with Crippen molar-refractivity contribution in [1.82, 2.24) is 5.32 Å². The van der Waals surface area contributed by atoms with E-state index in [0.717, 1.165) is 38.5 Å². The van der Waals surface area contributed by atoms with Gasteiger partial charge in [-0.1, -0.05) is 6.07 Å². The van der Waals surface area contributed by atoms with Gasteiger partial charge < -0.3 is 19.9 Å². The normalized spacial score (nSPS) is 22.4. The zero-order chi connectivity index (χ0) is 12.5. The number of methoxy groups -OCH3 is 1. The maximum atomic E-state index is 5.57. The molecule has 1 aromatic carbocycles. The summed E-state index contributed by atoms with van der Waals surface area (Å²) in [6, 6.07) is 6.92. The Hall–Kier alpha value is -1.42. The van der Waals surface area contributed by atoms with E-state index in [1.165, 1.54) is 11.4 Å². The first-order chi connectivity index (χ1) is 8.85. The predicted molar refractivity (Wildman–Crippen MR) is 74.9 cm³/mol. The fourth-order valence-corrected chi connectivity index (χ4v) is 3.09. The largest absolute Gasteiger partial charge is 0.495 e. The van der Waals surface area contributed by atoms with Gasteiger partial charge in [-0.15, -0.1) is 0 Å². The molecule has 4 nitrogen and oxygen atoms in total. The Morgan fingerprint density at radius 3 is 3.11 bits per heavy atom. The number of piperazine rings is 1. The summed E-state index contributed by atoms with van der Waals surface area (Å²) in [4.78, 5) is 4.96. The van der Waals surface area contributed by atoms with E-state index < -0.39 is 0 Å². The highest BCUT2D eigenvalue weighted by Crippen LogP contribution is 2.42. The second kappa shape index (κ2) is 4.69. The fourth-order valence-electron chi connectivity index (χ4n) is 3.09. The number of para-hydroxylation sites is 1. The zero-order valence-corrected chi connectivity index (χ0v) is 11.1. The summed E-state index contributed by atoms with van der Waals surface area (Å²) in [5.74, 6) is 0.998. The number of nitrogens with zero attached hydrogens (tertiary/aromatic N) is 2. The Balaban J connectivity index is 2.08.